The number of carbonyl (C=O) groups excluding carboxylic acids is 3. The molecule has 1 spiro atoms. The van der Waals surface area contributed by atoms with E-state index in [-0.39, 0.29) is 35.6 Å². The molecule has 31 heavy (non-hydrogen) atoms. The molecular weight excluding hydrogens is 414 g/mol. The molecule has 3 saturated heterocycles. The van der Waals surface area contributed by atoms with Gasteiger partial charge < -0.3 is 20.6 Å². The number of thioether (sulfide) groups is 1. The number of rotatable bonds is 7. The Morgan fingerprint density at radius 1 is 1.23 bits per heavy atom. The van der Waals surface area contributed by atoms with E-state index in [9.17, 15) is 19.5 Å². The van der Waals surface area contributed by atoms with Crippen LogP contribution >= 0.6 is 11.8 Å². The van der Waals surface area contributed by atoms with E-state index >= 15 is 0 Å². The van der Waals surface area contributed by atoms with Crippen molar-refractivity contribution in [3.63, 3.8) is 0 Å². The fraction of sp³-hybridized carbons (Fsp3) is 0.609. The van der Waals surface area contributed by atoms with Crippen LogP contribution in [-0.2, 0) is 20.9 Å². The molecule has 4 rings (SSSR count). The number of benzene rings is 1. The molecule has 0 aliphatic carbocycles. The van der Waals surface area contributed by atoms with Crippen LogP contribution in [0.5, 0.6) is 0 Å². The van der Waals surface area contributed by atoms with Gasteiger partial charge in [0.15, 0.2) is 0 Å². The third-order valence-electron chi connectivity index (χ3n) is 6.77. The standard InChI is InChI=1S/C23H31N3O4S/c1-13(2)25-21(29)19-23-10-9-16(31-23)17(18(23)22(30)26(19)14(3)12-27)20(28)24-11-15-7-5-4-6-8-15/h4-8,13-14,16-19,27H,9-12H2,1-3H3,(H,24,28)(H,25,29)/t14-,16-,17+,18+,19?,23?/m1/s1. The first kappa shape index (κ1) is 22.1. The highest BCUT2D eigenvalue weighted by molar-refractivity contribution is 8.02. The minimum absolute atomic E-state index is 0.0330. The van der Waals surface area contributed by atoms with Gasteiger partial charge in [-0.1, -0.05) is 30.3 Å². The van der Waals surface area contributed by atoms with Crippen LogP contribution in [0.25, 0.3) is 0 Å². The van der Waals surface area contributed by atoms with E-state index in [0.717, 1.165) is 18.4 Å². The summed E-state index contributed by atoms with van der Waals surface area (Å²) >= 11 is 1.64. The zero-order valence-electron chi connectivity index (χ0n) is 18.2. The number of amides is 3. The molecule has 3 fully saturated rings. The van der Waals surface area contributed by atoms with E-state index in [0.29, 0.717) is 6.54 Å². The van der Waals surface area contributed by atoms with Gasteiger partial charge in [-0.3, -0.25) is 14.4 Å². The molecule has 0 saturated carbocycles. The predicted octanol–water partition coefficient (Wildman–Crippen LogP) is 1.30. The summed E-state index contributed by atoms with van der Waals surface area (Å²) in [5.41, 5.74) is 1.00. The van der Waals surface area contributed by atoms with E-state index in [4.69, 9.17) is 0 Å². The lowest BCUT2D eigenvalue weighted by Gasteiger charge is -2.36. The predicted molar refractivity (Wildman–Crippen MR) is 119 cm³/mol. The Morgan fingerprint density at radius 2 is 1.94 bits per heavy atom. The van der Waals surface area contributed by atoms with Crippen LogP contribution in [0.2, 0.25) is 0 Å². The number of aliphatic hydroxyl groups excluding tert-OH is 1. The Kier molecular flexibility index (Phi) is 6.05. The largest absolute Gasteiger partial charge is 0.394 e. The van der Waals surface area contributed by atoms with E-state index < -0.39 is 28.7 Å². The second kappa shape index (κ2) is 8.47. The van der Waals surface area contributed by atoms with Gasteiger partial charge in [-0.05, 0) is 39.2 Å². The maximum atomic E-state index is 13.6. The van der Waals surface area contributed by atoms with Gasteiger partial charge in [0.25, 0.3) is 0 Å². The van der Waals surface area contributed by atoms with Crippen molar-refractivity contribution < 1.29 is 19.5 Å². The Labute approximate surface area is 187 Å². The number of carbonyl (C=O) groups is 3. The van der Waals surface area contributed by atoms with E-state index in [1.165, 1.54) is 0 Å². The second-order valence-electron chi connectivity index (χ2n) is 9.20. The van der Waals surface area contributed by atoms with Crippen molar-refractivity contribution in [1.82, 2.24) is 15.5 Å². The van der Waals surface area contributed by atoms with Crippen molar-refractivity contribution in [1.29, 1.82) is 0 Å². The number of aliphatic hydroxyl groups is 1. The maximum Gasteiger partial charge on any atom is 0.244 e. The topological polar surface area (TPSA) is 98.7 Å². The van der Waals surface area contributed by atoms with Crippen LogP contribution < -0.4 is 10.6 Å². The van der Waals surface area contributed by atoms with Gasteiger partial charge in [-0.15, -0.1) is 11.8 Å². The first-order chi connectivity index (χ1) is 14.8. The molecule has 3 aliphatic rings. The molecule has 6 atom stereocenters. The Morgan fingerprint density at radius 3 is 2.58 bits per heavy atom. The first-order valence-corrected chi connectivity index (χ1v) is 11.9. The minimum atomic E-state index is -0.670. The zero-order chi connectivity index (χ0) is 22.3. The highest BCUT2D eigenvalue weighted by Gasteiger charge is 2.73. The van der Waals surface area contributed by atoms with Gasteiger partial charge >= 0.3 is 0 Å². The average Bonchev–Trinajstić information content (AvgIpc) is 3.39. The average molecular weight is 446 g/mol. The van der Waals surface area contributed by atoms with Crippen molar-refractivity contribution in [2.24, 2.45) is 11.8 Å². The van der Waals surface area contributed by atoms with Gasteiger partial charge in [0.05, 0.1) is 29.2 Å². The summed E-state index contributed by atoms with van der Waals surface area (Å²) in [5.74, 6) is -1.49. The van der Waals surface area contributed by atoms with Crippen molar-refractivity contribution in [3.05, 3.63) is 35.9 Å². The Hall–Kier alpha value is -2.06. The fourth-order valence-corrected chi connectivity index (χ4v) is 7.73. The summed E-state index contributed by atoms with van der Waals surface area (Å²) in [6.07, 6.45) is 1.54. The lowest BCUT2D eigenvalue weighted by atomic mass is 9.70. The van der Waals surface area contributed by atoms with Gasteiger partial charge in [-0.2, -0.15) is 0 Å². The number of nitrogens with zero attached hydrogens (tertiary/aromatic N) is 1. The van der Waals surface area contributed by atoms with Gasteiger partial charge in [0.2, 0.25) is 17.7 Å². The SMILES string of the molecule is CC(C)NC(=O)C1N([C@H](C)CO)C(=O)[C@@H]2[C@@H](C(=O)NCc3ccccc3)[C@H]3CCC12S3. The maximum absolute atomic E-state index is 13.6. The van der Waals surface area contributed by atoms with E-state index in [1.807, 2.05) is 44.2 Å². The summed E-state index contributed by atoms with van der Waals surface area (Å²) < 4.78 is -0.612. The minimum Gasteiger partial charge on any atom is -0.394 e. The lowest BCUT2D eigenvalue weighted by molar-refractivity contribution is -0.142. The smallest absolute Gasteiger partial charge is 0.244 e. The quantitative estimate of drug-likeness (QED) is 0.588. The molecule has 0 aromatic heterocycles. The highest BCUT2D eigenvalue weighted by atomic mass is 32.2. The third-order valence-corrected chi connectivity index (χ3v) is 8.72. The highest BCUT2D eigenvalue weighted by Crippen LogP contribution is 2.66. The number of nitrogens with one attached hydrogen (secondary N) is 2. The molecule has 8 heteroatoms. The van der Waals surface area contributed by atoms with Crippen LogP contribution in [0, 0.1) is 11.8 Å². The van der Waals surface area contributed by atoms with Crippen LogP contribution in [0.3, 0.4) is 0 Å². The molecule has 1 aromatic carbocycles. The molecule has 2 bridgehead atoms. The second-order valence-corrected chi connectivity index (χ2v) is 10.8. The molecule has 0 radical (unpaired) electrons. The molecule has 3 aliphatic heterocycles. The summed E-state index contributed by atoms with van der Waals surface area (Å²) in [4.78, 5) is 41.6. The van der Waals surface area contributed by atoms with Gasteiger partial charge in [0.1, 0.15) is 6.04 Å². The van der Waals surface area contributed by atoms with Crippen molar-refractivity contribution >= 4 is 29.5 Å². The van der Waals surface area contributed by atoms with Crippen molar-refractivity contribution in [2.45, 2.75) is 68.3 Å². The molecule has 3 N–H and O–H groups in total. The number of hydrogen-bond acceptors (Lipinski definition) is 5. The van der Waals surface area contributed by atoms with E-state index in [1.54, 1.807) is 23.6 Å². The lowest BCUT2D eigenvalue weighted by Crippen LogP contribution is -2.57. The van der Waals surface area contributed by atoms with Crippen molar-refractivity contribution in [3.8, 4) is 0 Å². The molecule has 168 valence electrons. The number of fused-ring (bicyclic) bond motifs is 1. The first-order valence-electron chi connectivity index (χ1n) is 11.0. The normalized spacial score (nSPS) is 32.3. The molecule has 7 nitrogen and oxygen atoms in total. The molecular formula is C23H31N3O4S. The number of likely N-dealkylation sites (tertiary alicyclic amines) is 1. The van der Waals surface area contributed by atoms with E-state index in [2.05, 4.69) is 10.6 Å². The molecule has 3 heterocycles. The summed E-state index contributed by atoms with van der Waals surface area (Å²) in [5, 5.41) is 15.8. The third kappa shape index (κ3) is 3.63. The fourth-order valence-electron chi connectivity index (χ4n) is 5.52. The molecule has 2 unspecified atom stereocenters. The Balaban J connectivity index is 1.62. The molecule has 3 amide bonds. The Bertz CT molecular complexity index is 864. The number of hydrogen-bond donors (Lipinski definition) is 3. The monoisotopic (exact) mass is 445 g/mol. The zero-order valence-corrected chi connectivity index (χ0v) is 19.0. The van der Waals surface area contributed by atoms with Crippen LogP contribution in [0.4, 0.5) is 0 Å². The van der Waals surface area contributed by atoms with Crippen LogP contribution in [0.1, 0.15) is 39.2 Å². The summed E-state index contributed by atoms with van der Waals surface area (Å²) in [6.45, 7) is 5.73. The molecule has 1 aromatic rings. The van der Waals surface area contributed by atoms with Crippen LogP contribution in [0.15, 0.2) is 30.3 Å². The summed E-state index contributed by atoms with van der Waals surface area (Å²) in [7, 11) is 0. The van der Waals surface area contributed by atoms with Gasteiger partial charge in [-0.25, -0.2) is 0 Å². The van der Waals surface area contributed by atoms with Gasteiger partial charge in [0, 0.05) is 17.8 Å². The summed E-state index contributed by atoms with van der Waals surface area (Å²) in [6, 6.07) is 8.48. The van der Waals surface area contributed by atoms with Crippen molar-refractivity contribution in [2.75, 3.05) is 6.61 Å². The van der Waals surface area contributed by atoms with Crippen LogP contribution in [-0.4, -0.2) is 62.5 Å².